The number of nitrogens with one attached hydrogen (secondary N) is 1. The van der Waals surface area contributed by atoms with Crippen molar-refractivity contribution in [2.75, 3.05) is 12.4 Å². The summed E-state index contributed by atoms with van der Waals surface area (Å²) in [5.41, 5.74) is 1.21. The zero-order valence-electron chi connectivity index (χ0n) is 13.2. The molecule has 0 spiro atoms. The summed E-state index contributed by atoms with van der Waals surface area (Å²) < 4.78 is 4.56. The fraction of sp³-hybridized carbons (Fsp3) is 0.176. The van der Waals surface area contributed by atoms with Gasteiger partial charge in [-0.25, -0.2) is 4.79 Å². The lowest BCUT2D eigenvalue weighted by atomic mass is 10.1. The summed E-state index contributed by atoms with van der Waals surface area (Å²) in [4.78, 5) is 34.3. The number of rotatable bonds is 5. The molecule has 0 atom stereocenters. The molecule has 2 rings (SSSR count). The Kier molecular flexibility index (Phi) is 5.26. The number of non-ortho nitro benzene ring substituents is 1. The molecule has 0 heterocycles. The van der Waals surface area contributed by atoms with Crippen LogP contribution in [0.3, 0.4) is 0 Å². The molecule has 0 saturated carbocycles. The van der Waals surface area contributed by atoms with Crippen molar-refractivity contribution in [2.24, 2.45) is 0 Å². The number of anilines is 1. The minimum Gasteiger partial charge on any atom is -0.465 e. The quantitative estimate of drug-likeness (QED) is 0.516. The van der Waals surface area contributed by atoms with E-state index in [4.69, 9.17) is 0 Å². The molecule has 7 heteroatoms. The molecule has 0 fully saturated rings. The Morgan fingerprint density at radius 3 is 2.50 bits per heavy atom. The zero-order valence-corrected chi connectivity index (χ0v) is 13.2. The van der Waals surface area contributed by atoms with Crippen molar-refractivity contribution in [1.82, 2.24) is 0 Å². The van der Waals surface area contributed by atoms with Gasteiger partial charge in [0.15, 0.2) is 0 Å². The molecule has 1 N–H and O–H groups in total. The number of hydrogen-bond acceptors (Lipinski definition) is 5. The Labute approximate surface area is 138 Å². The first-order chi connectivity index (χ1) is 11.4. The Bertz CT molecular complexity index is 801. The number of methoxy groups -OCH3 is 1. The van der Waals surface area contributed by atoms with Crippen LogP contribution in [0.4, 0.5) is 11.4 Å². The van der Waals surface area contributed by atoms with Gasteiger partial charge in [-0.3, -0.25) is 14.9 Å². The fourth-order valence-electron chi connectivity index (χ4n) is 2.16. The molecule has 0 aromatic heterocycles. The van der Waals surface area contributed by atoms with E-state index in [1.54, 1.807) is 6.07 Å². The smallest absolute Gasteiger partial charge is 0.338 e. The molecule has 2 aromatic carbocycles. The van der Waals surface area contributed by atoms with Crippen molar-refractivity contribution in [3.05, 3.63) is 69.3 Å². The van der Waals surface area contributed by atoms with E-state index in [9.17, 15) is 19.7 Å². The van der Waals surface area contributed by atoms with Gasteiger partial charge in [-0.15, -0.1) is 0 Å². The predicted octanol–water partition coefficient (Wildman–Crippen LogP) is 3.20. The fourth-order valence-corrected chi connectivity index (χ4v) is 2.16. The van der Waals surface area contributed by atoms with E-state index in [2.05, 4.69) is 10.1 Å². The summed E-state index contributed by atoms with van der Waals surface area (Å²) in [6, 6.07) is 10.7. The highest BCUT2D eigenvalue weighted by Crippen LogP contribution is 2.20. The largest absolute Gasteiger partial charge is 0.465 e. The first-order valence-corrected chi connectivity index (χ1v) is 7.22. The number of aryl methyl sites for hydroxylation is 1. The van der Waals surface area contributed by atoms with Gasteiger partial charge in [0.2, 0.25) is 0 Å². The van der Waals surface area contributed by atoms with Gasteiger partial charge < -0.3 is 10.1 Å². The third-order valence-electron chi connectivity index (χ3n) is 3.40. The Balaban J connectivity index is 2.35. The average molecular weight is 328 g/mol. The van der Waals surface area contributed by atoms with Crippen LogP contribution in [0.1, 0.15) is 33.2 Å². The summed E-state index contributed by atoms with van der Waals surface area (Å²) in [6.45, 7) is 1.99. The molecule has 0 aliphatic heterocycles. The molecular formula is C17H16N2O5. The standard InChI is InChI=1S/C17H16N2O5/c1-3-11-5-4-6-14(7-11)18-16(20)12-8-13(17(21)24-2)10-15(9-12)19(22)23/h4-10H,3H2,1-2H3,(H,18,20). The van der Waals surface area contributed by atoms with Gasteiger partial charge in [-0.1, -0.05) is 19.1 Å². The van der Waals surface area contributed by atoms with Gasteiger partial charge in [-0.2, -0.15) is 0 Å². The molecule has 24 heavy (non-hydrogen) atoms. The summed E-state index contributed by atoms with van der Waals surface area (Å²) >= 11 is 0. The lowest BCUT2D eigenvalue weighted by Crippen LogP contribution is -2.14. The highest BCUT2D eigenvalue weighted by molar-refractivity contribution is 6.06. The van der Waals surface area contributed by atoms with E-state index in [-0.39, 0.29) is 16.8 Å². The number of benzene rings is 2. The molecule has 0 aliphatic carbocycles. The maximum atomic E-state index is 12.4. The molecule has 1 amide bonds. The lowest BCUT2D eigenvalue weighted by molar-refractivity contribution is -0.384. The summed E-state index contributed by atoms with van der Waals surface area (Å²) in [6.07, 6.45) is 0.813. The van der Waals surface area contributed by atoms with Crippen molar-refractivity contribution >= 4 is 23.3 Å². The number of esters is 1. The summed E-state index contributed by atoms with van der Waals surface area (Å²) in [5.74, 6) is -1.29. The second-order valence-electron chi connectivity index (χ2n) is 5.03. The maximum absolute atomic E-state index is 12.4. The highest BCUT2D eigenvalue weighted by Gasteiger charge is 2.18. The first-order valence-electron chi connectivity index (χ1n) is 7.22. The van der Waals surface area contributed by atoms with Crippen LogP contribution >= 0.6 is 0 Å². The van der Waals surface area contributed by atoms with Gasteiger partial charge in [0.1, 0.15) is 0 Å². The number of nitro groups is 1. The highest BCUT2D eigenvalue weighted by atomic mass is 16.6. The average Bonchev–Trinajstić information content (AvgIpc) is 2.60. The van der Waals surface area contributed by atoms with E-state index in [0.29, 0.717) is 5.69 Å². The Morgan fingerprint density at radius 1 is 1.17 bits per heavy atom. The van der Waals surface area contributed by atoms with E-state index in [1.807, 2.05) is 25.1 Å². The summed E-state index contributed by atoms with van der Waals surface area (Å²) in [7, 11) is 1.16. The second-order valence-corrected chi connectivity index (χ2v) is 5.03. The Hall–Kier alpha value is -3.22. The van der Waals surface area contributed by atoms with Crippen LogP contribution in [-0.4, -0.2) is 23.9 Å². The minimum absolute atomic E-state index is 0.00602. The number of carbonyl (C=O) groups excluding carboxylic acids is 2. The van der Waals surface area contributed by atoms with Crippen molar-refractivity contribution < 1.29 is 19.2 Å². The van der Waals surface area contributed by atoms with Gasteiger partial charge in [0, 0.05) is 23.4 Å². The van der Waals surface area contributed by atoms with Crippen molar-refractivity contribution in [1.29, 1.82) is 0 Å². The maximum Gasteiger partial charge on any atom is 0.338 e. The van der Waals surface area contributed by atoms with Crippen molar-refractivity contribution in [2.45, 2.75) is 13.3 Å². The lowest BCUT2D eigenvalue weighted by Gasteiger charge is -2.08. The second kappa shape index (κ2) is 7.36. The Morgan fingerprint density at radius 2 is 1.88 bits per heavy atom. The van der Waals surface area contributed by atoms with Crippen molar-refractivity contribution in [3.63, 3.8) is 0 Å². The van der Waals surface area contributed by atoms with Gasteiger partial charge >= 0.3 is 5.97 Å². The van der Waals surface area contributed by atoms with Gasteiger partial charge in [0.25, 0.3) is 11.6 Å². The van der Waals surface area contributed by atoms with E-state index >= 15 is 0 Å². The van der Waals surface area contributed by atoms with Crippen LogP contribution < -0.4 is 5.32 Å². The van der Waals surface area contributed by atoms with E-state index in [0.717, 1.165) is 31.2 Å². The molecule has 0 unspecified atom stereocenters. The minimum atomic E-state index is -0.749. The van der Waals surface area contributed by atoms with Crippen LogP contribution in [0.2, 0.25) is 0 Å². The molecule has 0 aliphatic rings. The number of nitrogens with zero attached hydrogens (tertiary/aromatic N) is 1. The third kappa shape index (κ3) is 3.95. The van der Waals surface area contributed by atoms with E-state index in [1.165, 1.54) is 6.07 Å². The molecular weight excluding hydrogens is 312 g/mol. The summed E-state index contributed by atoms with van der Waals surface area (Å²) in [5, 5.41) is 13.7. The van der Waals surface area contributed by atoms with Gasteiger partial charge in [0.05, 0.1) is 17.6 Å². The molecule has 7 nitrogen and oxygen atoms in total. The molecule has 0 saturated heterocycles. The normalized spacial score (nSPS) is 10.1. The number of amides is 1. The monoisotopic (exact) mass is 328 g/mol. The van der Waals surface area contributed by atoms with Crippen LogP contribution in [-0.2, 0) is 11.2 Å². The van der Waals surface area contributed by atoms with Gasteiger partial charge in [-0.05, 0) is 30.2 Å². The first kappa shape index (κ1) is 17.1. The number of ether oxygens (including phenoxy) is 1. The number of nitro benzene ring substituents is 1. The van der Waals surface area contributed by atoms with Crippen LogP contribution in [0.25, 0.3) is 0 Å². The van der Waals surface area contributed by atoms with Crippen LogP contribution in [0, 0.1) is 10.1 Å². The SMILES string of the molecule is CCc1cccc(NC(=O)c2cc(C(=O)OC)cc([N+](=O)[O-])c2)c1. The van der Waals surface area contributed by atoms with Crippen molar-refractivity contribution in [3.8, 4) is 0 Å². The molecule has 0 bridgehead atoms. The number of hydrogen-bond donors (Lipinski definition) is 1. The zero-order chi connectivity index (χ0) is 17.7. The molecule has 124 valence electrons. The molecule has 0 radical (unpaired) electrons. The molecule has 2 aromatic rings. The predicted molar refractivity (Wildman–Crippen MR) is 88.2 cm³/mol. The third-order valence-corrected chi connectivity index (χ3v) is 3.40. The van der Waals surface area contributed by atoms with E-state index < -0.39 is 16.8 Å². The topological polar surface area (TPSA) is 98.5 Å². The van der Waals surface area contributed by atoms with Crippen LogP contribution in [0.15, 0.2) is 42.5 Å². The number of carbonyl (C=O) groups is 2. The van der Waals surface area contributed by atoms with Crippen LogP contribution in [0.5, 0.6) is 0 Å².